The third-order valence-electron chi connectivity index (χ3n) is 2.75. The van der Waals surface area contributed by atoms with Crippen molar-refractivity contribution in [1.29, 1.82) is 0 Å². The van der Waals surface area contributed by atoms with Crippen molar-refractivity contribution in [1.82, 2.24) is 0 Å². The molecule has 0 radical (unpaired) electrons. The minimum atomic E-state index is -1.18. The average Bonchev–Trinajstić information content (AvgIpc) is 2.41. The maximum absolute atomic E-state index is 13.5. The van der Waals surface area contributed by atoms with Crippen LogP contribution in [-0.4, -0.2) is 16.2 Å². The average molecular weight is 279 g/mol. The van der Waals surface area contributed by atoms with Gasteiger partial charge in [-0.1, -0.05) is 12.1 Å². The van der Waals surface area contributed by atoms with Gasteiger partial charge in [-0.15, -0.1) is 0 Å². The molecule has 0 amide bonds. The second-order valence-corrected chi connectivity index (χ2v) is 4.10. The minimum Gasteiger partial charge on any atom is -0.505 e. The van der Waals surface area contributed by atoms with Gasteiger partial charge in [0.2, 0.25) is 0 Å². The number of carboxylic acids is 1. The SMILES string of the molecule is O=C(O)c1ccc(F)c(NCc2cccc(F)c2O)c1. The number of halogens is 2. The molecule has 0 aliphatic rings. The smallest absolute Gasteiger partial charge is 0.335 e. The van der Waals surface area contributed by atoms with Crippen LogP contribution in [0.3, 0.4) is 0 Å². The molecule has 0 aromatic heterocycles. The molecule has 0 saturated heterocycles. The number of hydrogen-bond donors (Lipinski definition) is 3. The highest BCUT2D eigenvalue weighted by Crippen LogP contribution is 2.23. The molecule has 0 aliphatic carbocycles. The number of phenolic OH excluding ortho intramolecular Hbond substituents is 1. The number of nitrogens with one attached hydrogen (secondary N) is 1. The van der Waals surface area contributed by atoms with E-state index < -0.39 is 23.4 Å². The summed E-state index contributed by atoms with van der Waals surface area (Å²) in [6, 6.07) is 7.29. The van der Waals surface area contributed by atoms with Crippen LogP contribution in [0.5, 0.6) is 5.75 Å². The van der Waals surface area contributed by atoms with Gasteiger partial charge in [0.15, 0.2) is 11.6 Å². The Hall–Kier alpha value is -2.63. The minimum absolute atomic E-state index is 0.0337. The van der Waals surface area contributed by atoms with Crippen molar-refractivity contribution in [3.63, 3.8) is 0 Å². The van der Waals surface area contributed by atoms with E-state index in [2.05, 4.69) is 5.32 Å². The summed E-state index contributed by atoms with van der Waals surface area (Å²) in [4.78, 5) is 10.8. The molecule has 0 bridgehead atoms. The molecule has 104 valence electrons. The van der Waals surface area contributed by atoms with E-state index in [1.165, 1.54) is 12.1 Å². The van der Waals surface area contributed by atoms with Crippen LogP contribution in [0.15, 0.2) is 36.4 Å². The molecule has 0 spiro atoms. The number of para-hydroxylation sites is 1. The second kappa shape index (κ2) is 5.56. The third kappa shape index (κ3) is 2.85. The van der Waals surface area contributed by atoms with Crippen LogP contribution in [0.2, 0.25) is 0 Å². The van der Waals surface area contributed by atoms with Gasteiger partial charge >= 0.3 is 5.97 Å². The second-order valence-electron chi connectivity index (χ2n) is 4.10. The number of aromatic carboxylic acids is 1. The van der Waals surface area contributed by atoms with Crippen molar-refractivity contribution in [2.45, 2.75) is 6.54 Å². The van der Waals surface area contributed by atoms with Crippen molar-refractivity contribution in [2.75, 3.05) is 5.32 Å². The van der Waals surface area contributed by atoms with Crippen molar-refractivity contribution in [3.05, 3.63) is 59.2 Å². The summed E-state index contributed by atoms with van der Waals surface area (Å²) in [6.45, 7) is -0.0381. The zero-order valence-electron chi connectivity index (χ0n) is 10.2. The normalized spacial score (nSPS) is 10.3. The van der Waals surface area contributed by atoms with Crippen molar-refractivity contribution in [3.8, 4) is 5.75 Å². The lowest BCUT2D eigenvalue weighted by molar-refractivity contribution is 0.0697. The number of benzene rings is 2. The zero-order valence-corrected chi connectivity index (χ0v) is 10.2. The number of carbonyl (C=O) groups is 1. The number of rotatable bonds is 4. The quantitative estimate of drug-likeness (QED) is 0.804. The van der Waals surface area contributed by atoms with Gasteiger partial charge in [-0.2, -0.15) is 0 Å². The fourth-order valence-corrected chi connectivity index (χ4v) is 1.69. The molecule has 4 nitrogen and oxygen atoms in total. The van der Waals surface area contributed by atoms with E-state index in [9.17, 15) is 18.7 Å². The lowest BCUT2D eigenvalue weighted by Crippen LogP contribution is -2.04. The highest BCUT2D eigenvalue weighted by molar-refractivity contribution is 5.88. The lowest BCUT2D eigenvalue weighted by Gasteiger charge is -2.10. The number of anilines is 1. The topological polar surface area (TPSA) is 69.6 Å². The molecule has 3 N–H and O–H groups in total. The van der Waals surface area contributed by atoms with Crippen LogP contribution < -0.4 is 5.32 Å². The standard InChI is InChI=1S/C14H11F2NO3/c15-10-5-4-8(14(19)20)6-12(10)17-7-9-2-1-3-11(16)13(9)18/h1-6,17-18H,7H2,(H,19,20). The first-order valence-corrected chi connectivity index (χ1v) is 5.72. The fraction of sp³-hybridized carbons (Fsp3) is 0.0714. The van der Waals surface area contributed by atoms with Crippen LogP contribution in [0.4, 0.5) is 14.5 Å². The highest BCUT2D eigenvalue weighted by atomic mass is 19.1. The number of carboxylic acid groups (broad SMARTS) is 1. The number of hydrogen-bond acceptors (Lipinski definition) is 3. The Morgan fingerprint density at radius 1 is 1.15 bits per heavy atom. The van der Waals surface area contributed by atoms with Crippen molar-refractivity contribution < 1.29 is 23.8 Å². The molecule has 2 aromatic rings. The van der Waals surface area contributed by atoms with E-state index in [0.29, 0.717) is 0 Å². The van der Waals surface area contributed by atoms with Gasteiger partial charge < -0.3 is 15.5 Å². The third-order valence-corrected chi connectivity index (χ3v) is 2.75. The Bertz CT molecular complexity index is 659. The first kappa shape index (κ1) is 13.8. The van der Waals surface area contributed by atoms with E-state index in [4.69, 9.17) is 5.11 Å². The monoisotopic (exact) mass is 279 g/mol. The maximum atomic E-state index is 13.5. The molecule has 6 heteroatoms. The van der Waals surface area contributed by atoms with Crippen LogP contribution in [0, 0.1) is 11.6 Å². The predicted octanol–water partition coefficient (Wildman–Crippen LogP) is 2.98. The molecule has 0 saturated carbocycles. The number of aromatic hydroxyl groups is 1. The Kier molecular flexibility index (Phi) is 3.84. The van der Waals surface area contributed by atoms with Crippen molar-refractivity contribution >= 4 is 11.7 Å². The van der Waals surface area contributed by atoms with Crippen LogP contribution in [0.1, 0.15) is 15.9 Å². The summed E-state index contributed by atoms with van der Waals surface area (Å²) in [5.41, 5.74) is 0.135. The van der Waals surface area contributed by atoms with Crippen LogP contribution in [0.25, 0.3) is 0 Å². The van der Waals surface area contributed by atoms with Gasteiger partial charge in [0.1, 0.15) is 5.82 Å². The van der Waals surface area contributed by atoms with Crippen LogP contribution in [-0.2, 0) is 6.54 Å². The van der Waals surface area contributed by atoms with Gasteiger partial charge in [0.25, 0.3) is 0 Å². The fourth-order valence-electron chi connectivity index (χ4n) is 1.69. The molecule has 0 aliphatic heterocycles. The Balaban J connectivity index is 2.20. The molecule has 0 heterocycles. The largest absolute Gasteiger partial charge is 0.505 e. The Labute approximate surface area is 113 Å². The molecule has 0 atom stereocenters. The van der Waals surface area contributed by atoms with Gasteiger partial charge in [0, 0.05) is 12.1 Å². The summed E-state index contributed by atoms with van der Waals surface area (Å²) in [6.07, 6.45) is 0. The molecule has 2 rings (SSSR count). The van der Waals surface area contributed by atoms with E-state index in [1.54, 1.807) is 0 Å². The lowest BCUT2D eigenvalue weighted by atomic mass is 10.1. The number of phenols is 1. The van der Waals surface area contributed by atoms with E-state index in [-0.39, 0.29) is 23.4 Å². The van der Waals surface area contributed by atoms with Gasteiger partial charge in [0.05, 0.1) is 11.3 Å². The molecular weight excluding hydrogens is 268 g/mol. The first-order valence-electron chi connectivity index (χ1n) is 5.72. The van der Waals surface area contributed by atoms with Gasteiger partial charge in [-0.05, 0) is 24.3 Å². The van der Waals surface area contributed by atoms with E-state index in [0.717, 1.165) is 24.3 Å². The van der Waals surface area contributed by atoms with E-state index >= 15 is 0 Å². The molecule has 0 fully saturated rings. The molecule has 20 heavy (non-hydrogen) atoms. The predicted molar refractivity (Wildman–Crippen MR) is 68.8 cm³/mol. The zero-order chi connectivity index (χ0) is 14.7. The summed E-state index contributed by atoms with van der Waals surface area (Å²) in [7, 11) is 0. The first-order chi connectivity index (χ1) is 9.49. The van der Waals surface area contributed by atoms with Crippen molar-refractivity contribution in [2.24, 2.45) is 0 Å². The Morgan fingerprint density at radius 3 is 2.60 bits per heavy atom. The molecular formula is C14H11F2NO3. The summed E-state index contributed by atoms with van der Waals surface area (Å²) in [5.74, 6) is -3.11. The van der Waals surface area contributed by atoms with Crippen LogP contribution >= 0.6 is 0 Å². The Morgan fingerprint density at radius 2 is 1.90 bits per heavy atom. The molecule has 2 aromatic carbocycles. The van der Waals surface area contributed by atoms with E-state index in [1.807, 2.05) is 0 Å². The summed E-state index contributed by atoms with van der Waals surface area (Å²) < 4.78 is 26.6. The van der Waals surface area contributed by atoms with Gasteiger partial charge in [-0.3, -0.25) is 0 Å². The van der Waals surface area contributed by atoms with Gasteiger partial charge in [-0.25, -0.2) is 13.6 Å². The maximum Gasteiger partial charge on any atom is 0.335 e. The summed E-state index contributed by atoms with van der Waals surface area (Å²) >= 11 is 0. The summed E-state index contributed by atoms with van der Waals surface area (Å²) in [5, 5.41) is 20.9. The highest BCUT2D eigenvalue weighted by Gasteiger charge is 2.10. The molecule has 0 unspecified atom stereocenters.